The van der Waals surface area contributed by atoms with Crippen LogP contribution in [0.2, 0.25) is 0 Å². The Morgan fingerprint density at radius 2 is 1.62 bits per heavy atom. The van der Waals surface area contributed by atoms with Crippen molar-refractivity contribution in [3.05, 3.63) is 60.2 Å². The van der Waals surface area contributed by atoms with Crippen molar-refractivity contribution in [1.82, 2.24) is 5.32 Å². The molecule has 0 aliphatic rings. The molecule has 0 bridgehead atoms. The van der Waals surface area contributed by atoms with Crippen molar-refractivity contribution in [2.45, 2.75) is 24.3 Å². The number of nitrogens with zero attached hydrogens (tertiary/aromatic N) is 1. The van der Waals surface area contributed by atoms with E-state index in [4.69, 9.17) is 0 Å². The molecule has 2 aromatic carbocycles. The fourth-order valence-electron chi connectivity index (χ4n) is 2.56. The van der Waals surface area contributed by atoms with Crippen molar-refractivity contribution in [2.24, 2.45) is 0 Å². The SMILES string of the molecule is CC(=O)NC(CC(=O)N(C)c1ccc(S(C)(=O)=O)cc1)c1ccccc1. The van der Waals surface area contributed by atoms with E-state index < -0.39 is 15.9 Å². The van der Waals surface area contributed by atoms with E-state index in [0.717, 1.165) is 11.8 Å². The van der Waals surface area contributed by atoms with Crippen LogP contribution in [0.15, 0.2) is 59.5 Å². The highest BCUT2D eigenvalue weighted by atomic mass is 32.2. The van der Waals surface area contributed by atoms with Gasteiger partial charge >= 0.3 is 0 Å². The third-order valence-electron chi connectivity index (χ3n) is 3.98. The number of hydrogen-bond donors (Lipinski definition) is 1. The minimum absolute atomic E-state index is 0.0912. The molecule has 2 amide bonds. The van der Waals surface area contributed by atoms with Crippen molar-refractivity contribution in [3.8, 4) is 0 Å². The predicted molar refractivity (Wildman–Crippen MR) is 101 cm³/mol. The van der Waals surface area contributed by atoms with Crippen molar-refractivity contribution in [2.75, 3.05) is 18.2 Å². The molecule has 138 valence electrons. The number of nitrogens with one attached hydrogen (secondary N) is 1. The van der Waals surface area contributed by atoms with Crippen LogP contribution < -0.4 is 10.2 Å². The van der Waals surface area contributed by atoms with Gasteiger partial charge in [0.1, 0.15) is 0 Å². The number of anilines is 1. The highest BCUT2D eigenvalue weighted by Crippen LogP contribution is 2.21. The summed E-state index contributed by atoms with van der Waals surface area (Å²) >= 11 is 0. The summed E-state index contributed by atoms with van der Waals surface area (Å²) in [4.78, 5) is 25.8. The van der Waals surface area contributed by atoms with E-state index in [2.05, 4.69) is 5.32 Å². The third kappa shape index (κ3) is 5.16. The molecule has 1 N–H and O–H groups in total. The topological polar surface area (TPSA) is 83.6 Å². The van der Waals surface area contributed by atoms with Gasteiger partial charge in [-0.1, -0.05) is 30.3 Å². The zero-order valence-electron chi connectivity index (χ0n) is 15.0. The second-order valence-corrected chi connectivity index (χ2v) is 8.10. The van der Waals surface area contributed by atoms with Crippen LogP contribution in [-0.4, -0.2) is 33.5 Å². The standard InChI is InChI=1S/C19H22N2O4S/c1-14(22)20-18(15-7-5-4-6-8-15)13-19(23)21(2)16-9-11-17(12-10-16)26(3,24)25/h4-12,18H,13H2,1-3H3,(H,20,22). The molecule has 0 radical (unpaired) electrons. The molecule has 0 fully saturated rings. The number of carbonyl (C=O) groups is 2. The molecule has 1 atom stereocenters. The molecule has 0 heterocycles. The largest absolute Gasteiger partial charge is 0.349 e. The number of rotatable bonds is 6. The Hall–Kier alpha value is -2.67. The minimum atomic E-state index is -3.28. The van der Waals surface area contributed by atoms with Gasteiger partial charge in [0.25, 0.3) is 0 Å². The summed E-state index contributed by atoms with van der Waals surface area (Å²) in [5, 5.41) is 2.80. The average molecular weight is 374 g/mol. The summed E-state index contributed by atoms with van der Waals surface area (Å²) in [7, 11) is -1.67. The first-order valence-corrected chi connectivity index (χ1v) is 9.96. The summed E-state index contributed by atoms with van der Waals surface area (Å²) in [6, 6.07) is 15.0. The molecule has 26 heavy (non-hydrogen) atoms. The van der Waals surface area contributed by atoms with Gasteiger partial charge in [0.15, 0.2) is 9.84 Å². The van der Waals surface area contributed by atoms with Crippen molar-refractivity contribution < 1.29 is 18.0 Å². The molecule has 0 aliphatic heterocycles. The average Bonchev–Trinajstić information content (AvgIpc) is 2.60. The van der Waals surface area contributed by atoms with Gasteiger partial charge in [0.2, 0.25) is 11.8 Å². The van der Waals surface area contributed by atoms with E-state index in [1.165, 1.54) is 24.0 Å². The van der Waals surface area contributed by atoms with Crippen LogP contribution in [0.4, 0.5) is 5.69 Å². The van der Waals surface area contributed by atoms with Gasteiger partial charge in [0, 0.05) is 25.9 Å². The fourth-order valence-corrected chi connectivity index (χ4v) is 3.19. The van der Waals surface area contributed by atoms with Gasteiger partial charge in [-0.05, 0) is 29.8 Å². The van der Waals surface area contributed by atoms with Crippen LogP contribution in [0.3, 0.4) is 0 Å². The number of amides is 2. The van der Waals surface area contributed by atoms with E-state index >= 15 is 0 Å². The molecule has 7 heteroatoms. The van der Waals surface area contributed by atoms with Crippen molar-refractivity contribution >= 4 is 27.3 Å². The Morgan fingerprint density at radius 1 is 1.04 bits per heavy atom. The van der Waals surface area contributed by atoms with Gasteiger partial charge in [-0.2, -0.15) is 0 Å². The van der Waals surface area contributed by atoms with Gasteiger partial charge in [-0.25, -0.2) is 8.42 Å². The summed E-state index contributed by atoms with van der Waals surface area (Å²) < 4.78 is 23.1. The first-order valence-electron chi connectivity index (χ1n) is 8.07. The lowest BCUT2D eigenvalue weighted by Crippen LogP contribution is -2.33. The Kier molecular flexibility index (Phi) is 6.15. The smallest absolute Gasteiger partial charge is 0.229 e. The van der Waals surface area contributed by atoms with E-state index in [9.17, 15) is 18.0 Å². The Bertz CT molecular complexity index is 878. The second kappa shape index (κ2) is 8.14. The maximum atomic E-state index is 12.6. The van der Waals surface area contributed by atoms with Gasteiger partial charge < -0.3 is 10.2 Å². The first kappa shape index (κ1) is 19.7. The molecule has 1 unspecified atom stereocenters. The first-order chi connectivity index (χ1) is 12.2. The zero-order valence-corrected chi connectivity index (χ0v) is 15.8. The number of hydrogen-bond acceptors (Lipinski definition) is 4. The Morgan fingerprint density at radius 3 is 2.12 bits per heavy atom. The third-order valence-corrected chi connectivity index (χ3v) is 5.11. The minimum Gasteiger partial charge on any atom is -0.349 e. The quantitative estimate of drug-likeness (QED) is 0.841. The maximum Gasteiger partial charge on any atom is 0.229 e. The summed E-state index contributed by atoms with van der Waals surface area (Å²) in [6.45, 7) is 1.41. The van der Waals surface area contributed by atoms with Crippen LogP contribution >= 0.6 is 0 Å². The molecular formula is C19H22N2O4S. The molecule has 0 aromatic heterocycles. The van der Waals surface area contributed by atoms with Crippen LogP contribution in [0, 0.1) is 0 Å². The Labute approximate surface area is 153 Å². The van der Waals surface area contributed by atoms with Crippen LogP contribution in [0.5, 0.6) is 0 Å². The maximum absolute atomic E-state index is 12.6. The van der Waals surface area contributed by atoms with E-state index in [1.54, 1.807) is 19.2 Å². The summed E-state index contributed by atoms with van der Waals surface area (Å²) in [5.74, 6) is -0.411. The molecule has 6 nitrogen and oxygen atoms in total. The van der Waals surface area contributed by atoms with E-state index in [0.29, 0.717) is 5.69 Å². The molecular weight excluding hydrogens is 352 g/mol. The van der Waals surface area contributed by atoms with Gasteiger partial charge in [-0.15, -0.1) is 0 Å². The molecule has 2 rings (SSSR count). The summed E-state index contributed by atoms with van der Waals surface area (Å²) in [6.07, 6.45) is 1.22. The van der Waals surface area contributed by atoms with Crippen LogP contribution in [-0.2, 0) is 19.4 Å². The number of benzene rings is 2. The number of sulfone groups is 1. The Balaban J connectivity index is 2.16. The lowest BCUT2D eigenvalue weighted by atomic mass is 10.0. The lowest BCUT2D eigenvalue weighted by Gasteiger charge is -2.23. The normalized spacial score (nSPS) is 12.3. The van der Waals surface area contributed by atoms with Gasteiger partial charge in [0.05, 0.1) is 17.4 Å². The highest BCUT2D eigenvalue weighted by molar-refractivity contribution is 7.90. The highest BCUT2D eigenvalue weighted by Gasteiger charge is 2.20. The van der Waals surface area contributed by atoms with E-state index in [1.807, 2.05) is 30.3 Å². The second-order valence-electron chi connectivity index (χ2n) is 6.09. The summed E-state index contributed by atoms with van der Waals surface area (Å²) in [5.41, 5.74) is 1.42. The molecule has 0 saturated heterocycles. The lowest BCUT2D eigenvalue weighted by molar-refractivity contribution is -0.121. The predicted octanol–water partition coefficient (Wildman–Crippen LogP) is 2.32. The number of carbonyl (C=O) groups excluding carboxylic acids is 2. The van der Waals surface area contributed by atoms with Crippen molar-refractivity contribution in [3.63, 3.8) is 0 Å². The van der Waals surface area contributed by atoms with Crippen LogP contribution in [0.25, 0.3) is 0 Å². The molecule has 2 aromatic rings. The van der Waals surface area contributed by atoms with Crippen LogP contribution in [0.1, 0.15) is 24.9 Å². The fraction of sp³-hybridized carbons (Fsp3) is 0.263. The zero-order chi connectivity index (χ0) is 19.3. The van der Waals surface area contributed by atoms with Crippen molar-refractivity contribution in [1.29, 1.82) is 0 Å². The van der Waals surface area contributed by atoms with E-state index in [-0.39, 0.29) is 23.1 Å². The molecule has 0 saturated carbocycles. The monoisotopic (exact) mass is 374 g/mol. The molecule has 0 aliphatic carbocycles. The van der Waals surface area contributed by atoms with Gasteiger partial charge in [-0.3, -0.25) is 9.59 Å². The molecule has 0 spiro atoms.